The zero-order chi connectivity index (χ0) is 16.0. The summed E-state index contributed by atoms with van der Waals surface area (Å²) in [5, 5.41) is 2.08. The molecule has 0 fully saturated rings. The second-order valence-corrected chi connectivity index (χ2v) is 4.63. The van der Waals surface area contributed by atoms with Gasteiger partial charge in [0.2, 0.25) is 5.91 Å². The minimum Gasteiger partial charge on any atom is -0.335 e. The van der Waals surface area contributed by atoms with E-state index in [9.17, 15) is 22.4 Å². The van der Waals surface area contributed by atoms with Crippen molar-refractivity contribution in [2.45, 2.75) is 26.1 Å². The molecule has 1 unspecified atom stereocenters. The molecule has 7 heteroatoms. The second-order valence-electron chi connectivity index (χ2n) is 4.63. The van der Waals surface area contributed by atoms with E-state index >= 15 is 0 Å². The van der Waals surface area contributed by atoms with E-state index in [1.807, 2.05) is 0 Å². The summed E-state index contributed by atoms with van der Waals surface area (Å²) >= 11 is 0. The van der Waals surface area contributed by atoms with Gasteiger partial charge in [0.05, 0.1) is 19.1 Å². The van der Waals surface area contributed by atoms with Gasteiger partial charge in [-0.1, -0.05) is 12.1 Å². The predicted molar refractivity (Wildman–Crippen MR) is 71.1 cm³/mol. The standard InChI is InChI=1S/C14H18F4N2O/c1-3-20(13(21)8-19-9-14(16,17)18)10(2)11-4-6-12(15)7-5-11/h4-7,10,19H,3,8-9H2,1-2H3. The number of rotatable bonds is 6. The van der Waals surface area contributed by atoms with Crippen LogP contribution in [0.5, 0.6) is 0 Å². The summed E-state index contributed by atoms with van der Waals surface area (Å²) in [7, 11) is 0. The quantitative estimate of drug-likeness (QED) is 0.820. The van der Waals surface area contributed by atoms with E-state index in [0.29, 0.717) is 6.54 Å². The molecule has 3 nitrogen and oxygen atoms in total. The molecule has 0 spiro atoms. The Morgan fingerprint density at radius 3 is 2.33 bits per heavy atom. The number of hydrogen-bond donors (Lipinski definition) is 1. The van der Waals surface area contributed by atoms with Crippen LogP contribution in [0.2, 0.25) is 0 Å². The zero-order valence-electron chi connectivity index (χ0n) is 11.9. The number of carbonyl (C=O) groups is 1. The molecule has 1 atom stereocenters. The molecule has 1 aromatic rings. The van der Waals surface area contributed by atoms with Crippen LogP contribution in [-0.4, -0.2) is 36.6 Å². The topological polar surface area (TPSA) is 32.3 Å². The highest BCUT2D eigenvalue weighted by atomic mass is 19.4. The third-order valence-electron chi connectivity index (χ3n) is 3.08. The number of amides is 1. The molecular weight excluding hydrogens is 288 g/mol. The molecule has 1 aromatic carbocycles. The Labute approximate surface area is 120 Å². The first-order valence-electron chi connectivity index (χ1n) is 6.57. The van der Waals surface area contributed by atoms with Crippen molar-refractivity contribution in [2.24, 2.45) is 0 Å². The molecule has 0 aromatic heterocycles. The molecule has 0 aliphatic carbocycles. The van der Waals surface area contributed by atoms with Gasteiger partial charge in [-0.15, -0.1) is 0 Å². The first-order chi connectivity index (χ1) is 9.74. The van der Waals surface area contributed by atoms with Crippen LogP contribution in [-0.2, 0) is 4.79 Å². The molecule has 0 saturated carbocycles. The lowest BCUT2D eigenvalue weighted by Gasteiger charge is -2.28. The Bertz CT molecular complexity index is 459. The number of likely N-dealkylation sites (N-methyl/N-ethyl adjacent to an activating group) is 1. The van der Waals surface area contributed by atoms with Crippen LogP contribution in [0.15, 0.2) is 24.3 Å². The van der Waals surface area contributed by atoms with Crippen LogP contribution in [0.4, 0.5) is 17.6 Å². The number of nitrogens with one attached hydrogen (secondary N) is 1. The van der Waals surface area contributed by atoms with Gasteiger partial charge in [0, 0.05) is 6.54 Å². The average molecular weight is 306 g/mol. The minimum atomic E-state index is -4.35. The summed E-state index contributed by atoms with van der Waals surface area (Å²) < 4.78 is 49.0. The van der Waals surface area contributed by atoms with Crippen molar-refractivity contribution in [3.63, 3.8) is 0 Å². The van der Waals surface area contributed by atoms with E-state index in [4.69, 9.17) is 0 Å². The summed E-state index contributed by atoms with van der Waals surface area (Å²) in [6.07, 6.45) is -4.35. The highest BCUT2D eigenvalue weighted by Crippen LogP contribution is 2.20. The number of halogens is 4. The second kappa shape index (κ2) is 7.40. The summed E-state index contributed by atoms with van der Waals surface area (Å²) in [6.45, 7) is 2.24. The van der Waals surface area contributed by atoms with Crippen molar-refractivity contribution in [1.29, 1.82) is 0 Å². The van der Waals surface area contributed by atoms with Gasteiger partial charge in [-0.05, 0) is 31.5 Å². The number of nitrogens with zero attached hydrogens (tertiary/aromatic N) is 1. The highest BCUT2D eigenvalue weighted by Gasteiger charge is 2.27. The Morgan fingerprint density at radius 2 is 1.86 bits per heavy atom. The van der Waals surface area contributed by atoms with Crippen LogP contribution >= 0.6 is 0 Å². The lowest BCUT2D eigenvalue weighted by molar-refractivity contribution is -0.135. The van der Waals surface area contributed by atoms with Gasteiger partial charge in [0.1, 0.15) is 5.82 Å². The number of carbonyl (C=O) groups excluding carboxylic acids is 1. The van der Waals surface area contributed by atoms with Gasteiger partial charge in [0.25, 0.3) is 0 Å². The fraction of sp³-hybridized carbons (Fsp3) is 0.500. The first kappa shape index (κ1) is 17.4. The largest absolute Gasteiger partial charge is 0.401 e. The van der Waals surface area contributed by atoms with Crippen molar-refractivity contribution in [3.05, 3.63) is 35.6 Å². The smallest absolute Gasteiger partial charge is 0.335 e. The molecule has 0 bridgehead atoms. The molecule has 0 radical (unpaired) electrons. The monoisotopic (exact) mass is 306 g/mol. The van der Waals surface area contributed by atoms with E-state index < -0.39 is 18.6 Å². The normalized spacial score (nSPS) is 13.0. The van der Waals surface area contributed by atoms with Gasteiger partial charge in [-0.3, -0.25) is 4.79 Å². The lowest BCUT2D eigenvalue weighted by atomic mass is 10.1. The maximum absolute atomic E-state index is 12.9. The molecule has 1 rings (SSSR count). The van der Waals surface area contributed by atoms with Gasteiger partial charge >= 0.3 is 6.18 Å². The summed E-state index contributed by atoms with van der Waals surface area (Å²) in [5.74, 6) is -0.814. The lowest BCUT2D eigenvalue weighted by Crippen LogP contribution is -2.42. The van der Waals surface area contributed by atoms with Crippen LogP contribution < -0.4 is 5.32 Å². The number of benzene rings is 1. The Morgan fingerprint density at radius 1 is 1.29 bits per heavy atom. The molecule has 0 aliphatic rings. The minimum absolute atomic E-state index is 0.337. The molecule has 0 saturated heterocycles. The molecule has 1 amide bonds. The fourth-order valence-electron chi connectivity index (χ4n) is 2.00. The third kappa shape index (κ3) is 5.71. The maximum Gasteiger partial charge on any atom is 0.401 e. The van der Waals surface area contributed by atoms with Crippen LogP contribution in [0.1, 0.15) is 25.5 Å². The molecule has 21 heavy (non-hydrogen) atoms. The highest BCUT2D eigenvalue weighted by molar-refractivity contribution is 5.78. The van der Waals surface area contributed by atoms with Crippen LogP contribution in [0, 0.1) is 5.82 Å². The summed E-state index contributed by atoms with van der Waals surface area (Å²) in [4.78, 5) is 13.4. The first-order valence-corrected chi connectivity index (χ1v) is 6.57. The van der Waals surface area contributed by atoms with Crippen LogP contribution in [0.25, 0.3) is 0 Å². The summed E-state index contributed by atoms with van der Waals surface area (Å²) in [6, 6.07) is 5.34. The molecule has 1 N–H and O–H groups in total. The maximum atomic E-state index is 12.9. The van der Waals surface area contributed by atoms with Crippen LogP contribution in [0.3, 0.4) is 0 Å². The summed E-state index contributed by atoms with van der Waals surface area (Å²) in [5.41, 5.74) is 0.724. The Balaban J connectivity index is 2.64. The average Bonchev–Trinajstić information content (AvgIpc) is 2.38. The molecule has 0 aliphatic heterocycles. The predicted octanol–water partition coefficient (Wildman–Crippen LogP) is 2.89. The van der Waals surface area contributed by atoms with E-state index in [-0.39, 0.29) is 18.4 Å². The van der Waals surface area contributed by atoms with Crippen molar-refractivity contribution in [2.75, 3.05) is 19.6 Å². The van der Waals surface area contributed by atoms with Crippen molar-refractivity contribution in [1.82, 2.24) is 10.2 Å². The van der Waals surface area contributed by atoms with Crippen molar-refractivity contribution < 1.29 is 22.4 Å². The van der Waals surface area contributed by atoms with E-state index in [1.54, 1.807) is 26.0 Å². The van der Waals surface area contributed by atoms with Gasteiger partial charge < -0.3 is 10.2 Å². The van der Waals surface area contributed by atoms with Crippen molar-refractivity contribution in [3.8, 4) is 0 Å². The van der Waals surface area contributed by atoms with Crippen molar-refractivity contribution >= 4 is 5.91 Å². The molecular formula is C14H18F4N2O. The number of hydrogen-bond acceptors (Lipinski definition) is 2. The van der Waals surface area contributed by atoms with E-state index in [2.05, 4.69) is 5.32 Å². The Hall–Kier alpha value is -1.63. The van der Waals surface area contributed by atoms with E-state index in [0.717, 1.165) is 5.56 Å². The van der Waals surface area contributed by atoms with Gasteiger partial charge in [0.15, 0.2) is 0 Å². The third-order valence-corrected chi connectivity index (χ3v) is 3.08. The van der Waals surface area contributed by atoms with Gasteiger partial charge in [-0.25, -0.2) is 4.39 Å². The fourth-order valence-corrected chi connectivity index (χ4v) is 2.00. The number of alkyl halides is 3. The zero-order valence-corrected chi connectivity index (χ0v) is 11.9. The van der Waals surface area contributed by atoms with Gasteiger partial charge in [-0.2, -0.15) is 13.2 Å². The molecule has 118 valence electrons. The SMILES string of the molecule is CCN(C(=O)CNCC(F)(F)F)C(C)c1ccc(F)cc1. The Kier molecular flexibility index (Phi) is 6.14. The van der Waals surface area contributed by atoms with E-state index in [1.165, 1.54) is 17.0 Å². The molecule has 0 heterocycles.